The number of carbonyl (C=O) groups is 1. The molecule has 8 nitrogen and oxygen atoms in total. The van der Waals surface area contributed by atoms with Gasteiger partial charge < -0.3 is 20.1 Å². The van der Waals surface area contributed by atoms with E-state index in [9.17, 15) is 4.79 Å². The van der Waals surface area contributed by atoms with Gasteiger partial charge in [-0.25, -0.2) is 9.97 Å². The number of nitrogens with zero attached hydrogens (tertiary/aromatic N) is 4. The molecule has 1 aliphatic heterocycles. The molecule has 1 amide bonds. The summed E-state index contributed by atoms with van der Waals surface area (Å²) >= 11 is 0. The Kier molecular flexibility index (Phi) is 6.51. The minimum atomic E-state index is -0.0622. The van der Waals surface area contributed by atoms with Crippen LogP contribution in [-0.2, 0) is 4.79 Å². The van der Waals surface area contributed by atoms with E-state index in [1.807, 2.05) is 24.3 Å². The molecule has 4 rings (SSSR count). The molecule has 0 bridgehead atoms. The number of carbonyl (C=O) groups excluding carboxylic acids is 1. The van der Waals surface area contributed by atoms with Gasteiger partial charge in [-0.2, -0.15) is 5.26 Å². The summed E-state index contributed by atoms with van der Waals surface area (Å²) in [6.07, 6.45) is 3.57. The molecule has 166 valence electrons. The second kappa shape index (κ2) is 9.83. The zero-order chi connectivity index (χ0) is 23.2. The zero-order valence-electron chi connectivity index (χ0n) is 18.0. The lowest BCUT2D eigenvalue weighted by atomic mass is 10.1. The molecule has 3 aromatic rings. The average Bonchev–Trinajstić information content (AvgIpc) is 3.32. The van der Waals surface area contributed by atoms with Gasteiger partial charge in [-0.1, -0.05) is 18.7 Å². The van der Waals surface area contributed by atoms with E-state index in [0.717, 1.165) is 12.0 Å². The van der Waals surface area contributed by atoms with Gasteiger partial charge >= 0.3 is 0 Å². The molecule has 1 aliphatic rings. The third-order valence-electron chi connectivity index (χ3n) is 5.43. The molecule has 0 spiro atoms. The highest BCUT2D eigenvalue weighted by Crippen LogP contribution is 2.34. The smallest absolute Gasteiger partial charge is 0.245 e. The van der Waals surface area contributed by atoms with Crippen molar-refractivity contribution in [1.29, 1.82) is 5.26 Å². The van der Waals surface area contributed by atoms with Crippen molar-refractivity contribution in [3.05, 3.63) is 73.1 Å². The van der Waals surface area contributed by atoms with Gasteiger partial charge in [0, 0.05) is 19.0 Å². The van der Waals surface area contributed by atoms with E-state index >= 15 is 0 Å². The van der Waals surface area contributed by atoms with Gasteiger partial charge in [0.15, 0.2) is 0 Å². The SMILES string of the molecule is C=CC(=O)N1CC[C@@H](COc2ncnc(N)c2-c2ccc(Oc3ccc(C#N)cc3)cc2)C1. The number of likely N-dealkylation sites (tertiary alicyclic amines) is 1. The van der Waals surface area contributed by atoms with Crippen molar-refractivity contribution in [2.24, 2.45) is 5.92 Å². The topological polar surface area (TPSA) is 114 Å². The molecule has 0 saturated carbocycles. The number of aromatic nitrogens is 2. The van der Waals surface area contributed by atoms with Crippen molar-refractivity contribution >= 4 is 11.7 Å². The number of anilines is 1. The molecule has 8 heteroatoms. The lowest BCUT2D eigenvalue weighted by Crippen LogP contribution is -2.27. The molecular weight excluding hydrogens is 418 g/mol. The van der Waals surface area contributed by atoms with Crippen LogP contribution in [0.5, 0.6) is 17.4 Å². The first-order valence-electron chi connectivity index (χ1n) is 10.5. The van der Waals surface area contributed by atoms with Gasteiger partial charge in [0.05, 0.1) is 23.8 Å². The van der Waals surface area contributed by atoms with Gasteiger partial charge in [-0.05, 0) is 54.5 Å². The van der Waals surface area contributed by atoms with Crippen molar-refractivity contribution in [3.63, 3.8) is 0 Å². The normalized spacial score (nSPS) is 15.0. The summed E-state index contributed by atoms with van der Waals surface area (Å²) in [5, 5.41) is 8.90. The summed E-state index contributed by atoms with van der Waals surface area (Å²) in [4.78, 5) is 22.0. The van der Waals surface area contributed by atoms with Gasteiger partial charge in [-0.3, -0.25) is 4.79 Å². The Labute approximate surface area is 191 Å². The molecule has 0 unspecified atom stereocenters. The summed E-state index contributed by atoms with van der Waals surface area (Å²) in [5.74, 6) is 2.13. The van der Waals surface area contributed by atoms with Crippen LogP contribution >= 0.6 is 0 Å². The maximum absolute atomic E-state index is 11.8. The fourth-order valence-corrected chi connectivity index (χ4v) is 3.68. The second-order valence-electron chi connectivity index (χ2n) is 7.66. The Morgan fingerprint density at radius 3 is 2.55 bits per heavy atom. The van der Waals surface area contributed by atoms with E-state index in [4.69, 9.17) is 20.5 Å². The number of ether oxygens (including phenoxy) is 2. The zero-order valence-corrected chi connectivity index (χ0v) is 18.0. The quantitative estimate of drug-likeness (QED) is 0.555. The average molecular weight is 441 g/mol. The molecule has 0 aliphatic carbocycles. The second-order valence-corrected chi connectivity index (χ2v) is 7.66. The first-order valence-corrected chi connectivity index (χ1v) is 10.5. The van der Waals surface area contributed by atoms with Gasteiger partial charge in [0.25, 0.3) is 0 Å². The number of nitriles is 1. The van der Waals surface area contributed by atoms with E-state index in [1.54, 1.807) is 29.2 Å². The van der Waals surface area contributed by atoms with Crippen molar-refractivity contribution in [2.75, 3.05) is 25.4 Å². The van der Waals surface area contributed by atoms with Crippen LogP contribution in [0.1, 0.15) is 12.0 Å². The summed E-state index contributed by atoms with van der Waals surface area (Å²) in [6, 6.07) is 16.3. The van der Waals surface area contributed by atoms with Crippen molar-refractivity contribution in [2.45, 2.75) is 6.42 Å². The van der Waals surface area contributed by atoms with Crippen molar-refractivity contribution in [1.82, 2.24) is 14.9 Å². The lowest BCUT2D eigenvalue weighted by molar-refractivity contribution is -0.125. The molecule has 2 N–H and O–H groups in total. The fourth-order valence-electron chi connectivity index (χ4n) is 3.68. The Balaban J connectivity index is 1.46. The first kappa shape index (κ1) is 21.8. The van der Waals surface area contributed by atoms with E-state index in [-0.39, 0.29) is 11.8 Å². The highest BCUT2D eigenvalue weighted by molar-refractivity contribution is 5.87. The van der Waals surface area contributed by atoms with E-state index < -0.39 is 0 Å². The van der Waals surface area contributed by atoms with Crippen LogP contribution in [0.2, 0.25) is 0 Å². The monoisotopic (exact) mass is 441 g/mol. The van der Waals surface area contributed by atoms with Crippen LogP contribution in [0.25, 0.3) is 11.1 Å². The highest BCUT2D eigenvalue weighted by atomic mass is 16.5. The van der Waals surface area contributed by atoms with Gasteiger partial charge in [0.2, 0.25) is 11.8 Å². The summed E-state index contributed by atoms with van der Waals surface area (Å²) in [5.41, 5.74) is 8.13. The number of nitrogen functional groups attached to an aromatic ring is 1. The van der Waals surface area contributed by atoms with Crippen LogP contribution in [0.4, 0.5) is 5.82 Å². The molecule has 1 fully saturated rings. The highest BCUT2D eigenvalue weighted by Gasteiger charge is 2.26. The Morgan fingerprint density at radius 2 is 1.88 bits per heavy atom. The molecule has 2 aromatic carbocycles. The molecule has 0 radical (unpaired) electrons. The largest absolute Gasteiger partial charge is 0.477 e. The fraction of sp³-hybridized carbons (Fsp3) is 0.200. The van der Waals surface area contributed by atoms with E-state index in [2.05, 4.69) is 22.6 Å². The number of amides is 1. The molecule has 1 atom stereocenters. The Bertz CT molecular complexity index is 1190. The Hall–Kier alpha value is -4.38. The van der Waals surface area contributed by atoms with Crippen LogP contribution in [0, 0.1) is 17.2 Å². The van der Waals surface area contributed by atoms with Gasteiger partial charge in [0.1, 0.15) is 23.6 Å². The number of rotatable bonds is 7. The molecular formula is C25H23N5O3. The summed E-state index contributed by atoms with van der Waals surface area (Å²) < 4.78 is 11.9. The van der Waals surface area contributed by atoms with Crippen LogP contribution in [0.15, 0.2) is 67.5 Å². The maximum atomic E-state index is 11.8. The number of benzene rings is 2. The standard InChI is InChI=1S/C25H23N5O3/c1-2-22(31)30-12-11-18(14-30)15-32-25-23(24(27)28-16-29-25)19-5-9-21(10-6-19)33-20-7-3-17(13-26)4-8-20/h2-10,16,18H,1,11-12,14-15H2,(H2,27,28,29)/t18-/m1/s1. The third-order valence-corrected chi connectivity index (χ3v) is 5.43. The molecule has 33 heavy (non-hydrogen) atoms. The minimum absolute atomic E-state index is 0.0622. The molecule has 1 saturated heterocycles. The van der Waals surface area contributed by atoms with Crippen LogP contribution < -0.4 is 15.2 Å². The van der Waals surface area contributed by atoms with Gasteiger partial charge in [-0.15, -0.1) is 0 Å². The third kappa shape index (κ3) is 5.10. The molecule has 1 aromatic heterocycles. The van der Waals surface area contributed by atoms with Crippen molar-refractivity contribution < 1.29 is 14.3 Å². The Morgan fingerprint density at radius 1 is 1.18 bits per heavy atom. The van der Waals surface area contributed by atoms with Crippen LogP contribution in [0.3, 0.4) is 0 Å². The predicted octanol–water partition coefficient (Wildman–Crippen LogP) is 3.80. The number of hydrogen-bond acceptors (Lipinski definition) is 7. The van der Waals surface area contributed by atoms with Crippen molar-refractivity contribution in [3.8, 4) is 34.6 Å². The van der Waals surface area contributed by atoms with Crippen LogP contribution in [-0.4, -0.2) is 40.5 Å². The maximum Gasteiger partial charge on any atom is 0.245 e. The summed E-state index contributed by atoms with van der Waals surface area (Å²) in [7, 11) is 0. The first-order chi connectivity index (χ1) is 16.1. The number of nitrogens with two attached hydrogens (primary N) is 1. The predicted molar refractivity (Wildman–Crippen MR) is 123 cm³/mol. The summed E-state index contributed by atoms with van der Waals surface area (Å²) in [6.45, 7) is 5.28. The molecule has 2 heterocycles. The van der Waals surface area contributed by atoms with E-state index in [0.29, 0.717) is 54.0 Å². The number of hydrogen-bond donors (Lipinski definition) is 1. The van der Waals surface area contributed by atoms with E-state index in [1.165, 1.54) is 12.4 Å². The lowest BCUT2D eigenvalue weighted by Gasteiger charge is -2.16. The minimum Gasteiger partial charge on any atom is -0.477 e.